The van der Waals surface area contributed by atoms with Crippen molar-refractivity contribution in [3.05, 3.63) is 66.5 Å². The zero-order valence-corrected chi connectivity index (χ0v) is 43.9. The first-order valence-corrected chi connectivity index (χ1v) is 27.6. The maximum atomic E-state index is 13.0. The van der Waals surface area contributed by atoms with Crippen molar-refractivity contribution in [2.75, 3.05) is 26.4 Å². The van der Waals surface area contributed by atoms with Gasteiger partial charge < -0.3 is 64.2 Å². The van der Waals surface area contributed by atoms with Crippen molar-refractivity contribution in [3.63, 3.8) is 0 Å². The van der Waals surface area contributed by atoms with Crippen LogP contribution in [0.25, 0.3) is 0 Å². The summed E-state index contributed by atoms with van der Waals surface area (Å²) in [6, 6.07) is 0. The first-order valence-electron chi connectivity index (χ1n) is 27.6. The minimum absolute atomic E-state index is 0.0823. The number of esters is 2. The van der Waals surface area contributed by atoms with Crippen LogP contribution < -0.4 is 0 Å². The van der Waals surface area contributed by atoms with Gasteiger partial charge in [0.15, 0.2) is 18.7 Å². The van der Waals surface area contributed by atoms with Crippen LogP contribution in [0.2, 0.25) is 0 Å². The van der Waals surface area contributed by atoms with E-state index in [0.717, 1.165) is 64.2 Å². The van der Waals surface area contributed by atoms with Gasteiger partial charge in [-0.25, -0.2) is 0 Å². The Morgan fingerprint density at radius 3 is 1.49 bits per heavy atom. The van der Waals surface area contributed by atoms with E-state index in [9.17, 15) is 45.3 Å². The average molecular weight is 1020 g/mol. The average Bonchev–Trinajstić information content (AvgIpc) is 3.37. The maximum absolute atomic E-state index is 13.0. The largest absolute Gasteiger partial charge is 0.462 e. The number of ether oxygens (including phenoxy) is 6. The Hall–Kier alpha value is -3.02. The smallest absolute Gasteiger partial charge is 0.306 e. The summed E-state index contributed by atoms with van der Waals surface area (Å²) >= 11 is 0. The second-order valence-electron chi connectivity index (χ2n) is 19.2. The standard InChI is InChI=1S/C57H96O15/c1-3-5-7-9-11-13-15-17-19-20-21-22-23-24-26-28-30-32-34-36-38-40-49(60)70-45(42-67-48(59)39-37-35-33-31-29-27-25-18-16-14-12-10-8-6-4-2)43-68-56-55(66)53(64)51(62)47(72-56)44-69-57-54(65)52(63)50(61)46(41-58)71-57/h16,19-20,22-23,25-26,28,32,34,45-47,50-58,61-66H,3-15,17,21,24,27,29-31,33,35-44H2,1-2H3/b20-19+,23-22+,28-26+,34-32+/t18?,45-,46+,47+,50-,51-,52?,53?,54?,55?,56+,57+/m1/s1. The van der Waals surface area contributed by atoms with Crippen LogP contribution in [0.4, 0.5) is 0 Å². The third-order valence-electron chi connectivity index (χ3n) is 12.7. The number of hydrogen-bond donors (Lipinski definition) is 7. The highest BCUT2D eigenvalue weighted by molar-refractivity contribution is 5.70. The Balaban J connectivity index is 1.82. The van der Waals surface area contributed by atoms with E-state index < -0.39 is 99.3 Å². The molecule has 0 aromatic carbocycles. The first-order chi connectivity index (χ1) is 35.0. The highest BCUT2D eigenvalue weighted by atomic mass is 16.7. The van der Waals surface area contributed by atoms with Gasteiger partial charge in [-0.05, 0) is 89.2 Å². The van der Waals surface area contributed by atoms with Crippen molar-refractivity contribution in [1.82, 2.24) is 0 Å². The number of aliphatic hydroxyl groups excluding tert-OH is 7. The van der Waals surface area contributed by atoms with Crippen molar-refractivity contribution >= 4 is 11.9 Å². The molecule has 2 saturated heterocycles. The van der Waals surface area contributed by atoms with Crippen LogP contribution in [0.3, 0.4) is 0 Å². The molecular formula is C57H96O15. The molecule has 0 spiro atoms. The van der Waals surface area contributed by atoms with Crippen LogP contribution in [-0.2, 0) is 38.0 Å². The number of rotatable bonds is 42. The quantitative estimate of drug-likeness (QED) is 0.0131. The lowest BCUT2D eigenvalue weighted by Crippen LogP contribution is -2.61. The van der Waals surface area contributed by atoms with E-state index in [1.807, 2.05) is 12.2 Å². The molecule has 4 unspecified atom stereocenters. The molecule has 0 aliphatic carbocycles. The molecule has 15 nitrogen and oxygen atoms in total. The summed E-state index contributed by atoms with van der Waals surface area (Å²) in [5, 5.41) is 72.2. The summed E-state index contributed by atoms with van der Waals surface area (Å²) < 4.78 is 33.5. The van der Waals surface area contributed by atoms with Crippen LogP contribution >= 0.6 is 0 Å². The summed E-state index contributed by atoms with van der Waals surface area (Å²) in [6.45, 7) is 2.49. The number of carbonyl (C=O) groups is 2. The van der Waals surface area contributed by atoms with Crippen molar-refractivity contribution in [2.24, 2.45) is 0 Å². The second-order valence-corrected chi connectivity index (χ2v) is 19.2. The van der Waals surface area contributed by atoms with Gasteiger partial charge in [-0.1, -0.05) is 146 Å². The van der Waals surface area contributed by atoms with E-state index in [4.69, 9.17) is 28.4 Å². The van der Waals surface area contributed by atoms with Gasteiger partial charge in [-0.2, -0.15) is 0 Å². The molecule has 0 radical (unpaired) electrons. The summed E-state index contributed by atoms with van der Waals surface area (Å²) in [5.41, 5.74) is 3.29. The van der Waals surface area contributed by atoms with E-state index in [-0.39, 0.29) is 19.4 Å². The maximum Gasteiger partial charge on any atom is 0.306 e. The lowest BCUT2D eigenvalue weighted by atomic mass is 9.98. The van der Waals surface area contributed by atoms with Crippen LogP contribution in [0.15, 0.2) is 66.5 Å². The van der Waals surface area contributed by atoms with Crippen LogP contribution in [0, 0.1) is 0 Å². The van der Waals surface area contributed by atoms with E-state index in [0.29, 0.717) is 19.3 Å². The predicted molar refractivity (Wildman–Crippen MR) is 278 cm³/mol. The number of unbranched alkanes of at least 4 members (excludes halogenated alkanes) is 18. The lowest BCUT2D eigenvalue weighted by Gasteiger charge is -2.42. The summed E-state index contributed by atoms with van der Waals surface area (Å²) in [7, 11) is 0. The molecule has 0 bridgehead atoms. The number of hydrogen-bond acceptors (Lipinski definition) is 15. The van der Waals surface area contributed by atoms with Gasteiger partial charge in [0, 0.05) is 12.8 Å². The SMILES string of the molecule is CCCCCCCC=C=CCCCCCCCC(=O)OC[C@H](CO[C@H]1O[C@@H](CO[C@H]2O[C@@H](CO)[C@@H](O)C(O)C2O)[C@@H](O)C(O)C1O)OC(=O)CCC/C=C/C/C=C/C/C=C/C/C=C/CCCCCCCCC. The lowest BCUT2D eigenvalue weighted by molar-refractivity contribution is -0.332. The molecule has 0 saturated carbocycles. The molecule has 2 aliphatic heterocycles. The highest BCUT2D eigenvalue weighted by Crippen LogP contribution is 2.26. The van der Waals surface area contributed by atoms with E-state index >= 15 is 0 Å². The zero-order chi connectivity index (χ0) is 52.4. The Kier molecular flexibility index (Phi) is 39.1. The number of carbonyl (C=O) groups excluding carboxylic acids is 2. The number of aliphatic hydroxyl groups is 7. The van der Waals surface area contributed by atoms with Gasteiger partial charge in [0.1, 0.15) is 55.4 Å². The van der Waals surface area contributed by atoms with Gasteiger partial charge in [0.25, 0.3) is 0 Å². The third-order valence-corrected chi connectivity index (χ3v) is 12.7. The highest BCUT2D eigenvalue weighted by Gasteiger charge is 2.47. The number of allylic oxidation sites excluding steroid dienone is 9. The second kappa shape index (κ2) is 43.2. The van der Waals surface area contributed by atoms with E-state index in [1.54, 1.807) is 0 Å². The van der Waals surface area contributed by atoms with Crippen LogP contribution in [0.1, 0.15) is 187 Å². The van der Waals surface area contributed by atoms with Gasteiger partial charge >= 0.3 is 11.9 Å². The molecule has 72 heavy (non-hydrogen) atoms. The fourth-order valence-electron chi connectivity index (χ4n) is 8.19. The molecular weight excluding hydrogens is 925 g/mol. The molecule has 2 aliphatic rings. The monoisotopic (exact) mass is 1020 g/mol. The fraction of sp³-hybridized carbons (Fsp3) is 0.772. The van der Waals surface area contributed by atoms with Crippen molar-refractivity contribution in [2.45, 2.75) is 255 Å². The van der Waals surface area contributed by atoms with Crippen molar-refractivity contribution < 1.29 is 73.8 Å². The first kappa shape index (κ1) is 65.1. The molecule has 0 aromatic rings. The fourth-order valence-corrected chi connectivity index (χ4v) is 8.19. The zero-order valence-electron chi connectivity index (χ0n) is 43.9. The molecule has 414 valence electrons. The van der Waals surface area contributed by atoms with Crippen LogP contribution in [0.5, 0.6) is 0 Å². The normalized spacial score (nSPS) is 25.1. The molecule has 2 fully saturated rings. The summed E-state index contributed by atoms with van der Waals surface area (Å²) in [5.74, 6) is -1.01. The van der Waals surface area contributed by atoms with E-state index in [2.05, 4.69) is 68.2 Å². The Labute approximate surface area is 432 Å². The third kappa shape index (κ3) is 30.4. The minimum Gasteiger partial charge on any atom is -0.462 e. The summed E-state index contributed by atoms with van der Waals surface area (Å²) in [6.07, 6.45) is 31.7. The molecule has 2 rings (SSSR count). The molecule has 2 heterocycles. The Bertz CT molecular complexity index is 1540. The topological polar surface area (TPSA) is 231 Å². The molecule has 11 atom stereocenters. The van der Waals surface area contributed by atoms with Gasteiger partial charge in [-0.15, -0.1) is 5.73 Å². The molecule has 15 heteroatoms. The van der Waals surface area contributed by atoms with E-state index in [1.165, 1.54) is 77.0 Å². The van der Waals surface area contributed by atoms with Gasteiger partial charge in [0.05, 0.1) is 19.8 Å². The predicted octanol–water partition coefficient (Wildman–Crippen LogP) is 8.59. The van der Waals surface area contributed by atoms with Crippen molar-refractivity contribution in [1.29, 1.82) is 0 Å². The Morgan fingerprint density at radius 2 is 0.931 bits per heavy atom. The molecule has 0 aromatic heterocycles. The van der Waals surface area contributed by atoms with Gasteiger partial charge in [-0.3, -0.25) is 9.59 Å². The van der Waals surface area contributed by atoms with Crippen LogP contribution in [-0.4, -0.2) is 142 Å². The minimum atomic E-state index is -1.78. The molecule has 0 amide bonds. The van der Waals surface area contributed by atoms with Crippen molar-refractivity contribution in [3.8, 4) is 0 Å². The van der Waals surface area contributed by atoms with Gasteiger partial charge in [0.2, 0.25) is 0 Å². The molecule has 7 N–H and O–H groups in total. The summed E-state index contributed by atoms with van der Waals surface area (Å²) in [4.78, 5) is 25.8. The Morgan fingerprint density at radius 1 is 0.486 bits per heavy atom.